The molecule has 1 aliphatic heterocycles. The molecule has 0 aromatic heterocycles. The van der Waals surface area contributed by atoms with Crippen molar-refractivity contribution < 1.29 is 38.6 Å². The van der Waals surface area contributed by atoms with E-state index in [0.29, 0.717) is 0 Å². The number of rotatable bonds is 10. The van der Waals surface area contributed by atoms with Crippen LogP contribution in [0, 0.1) is 5.92 Å². The second-order valence-corrected chi connectivity index (χ2v) is 10.0. The number of fused-ring (bicyclic) bond motifs is 3. The molecule has 3 aromatic carbocycles. The molecule has 1 saturated heterocycles. The predicted molar refractivity (Wildman–Crippen MR) is 149 cm³/mol. The first kappa shape index (κ1) is 28.3. The van der Waals surface area contributed by atoms with E-state index in [2.05, 4.69) is 16.0 Å². The van der Waals surface area contributed by atoms with Crippen LogP contribution >= 0.6 is 0 Å². The highest BCUT2D eigenvalue weighted by Gasteiger charge is 2.42. The molecule has 11 nitrogen and oxygen atoms in total. The smallest absolute Gasteiger partial charge is 0.407 e. The summed E-state index contributed by atoms with van der Waals surface area (Å²) in [6, 6.07) is 21.6. The van der Waals surface area contributed by atoms with Crippen LogP contribution in [0.3, 0.4) is 0 Å². The molecule has 0 spiro atoms. The lowest BCUT2D eigenvalue weighted by atomic mass is 9.98. The van der Waals surface area contributed by atoms with Crippen LogP contribution in [-0.4, -0.2) is 60.2 Å². The number of hydrogen-bond donors (Lipinski definition) is 4. The molecule has 11 heteroatoms. The minimum atomic E-state index is -1.49. The standard InChI is InChI=1S/C31H29N3O8/c35-26(41-16-18-8-2-1-3-9-18)14-25(28(36)34-27-23(30(38)39)15-32-29(27)37)33-31(40)42-17-24-21-12-6-4-10-19(21)20-11-5-7-13-22(20)24/h1-13,23-25,27H,14-17H2,(H,32,37)(H,33,40)(H,34,36)(H,38,39)/t23?,25-,27?/m0/s1. The highest BCUT2D eigenvalue weighted by Crippen LogP contribution is 2.44. The minimum absolute atomic E-state index is 0.0290. The number of hydrogen-bond acceptors (Lipinski definition) is 7. The molecule has 1 heterocycles. The second kappa shape index (κ2) is 12.5. The Morgan fingerprint density at radius 1 is 0.881 bits per heavy atom. The van der Waals surface area contributed by atoms with Crippen molar-refractivity contribution in [1.82, 2.24) is 16.0 Å². The van der Waals surface area contributed by atoms with E-state index in [1.807, 2.05) is 54.6 Å². The van der Waals surface area contributed by atoms with Gasteiger partial charge in [-0.1, -0.05) is 78.9 Å². The highest BCUT2D eigenvalue weighted by molar-refractivity contribution is 5.97. The molecule has 4 N–H and O–H groups in total. The van der Waals surface area contributed by atoms with Crippen LogP contribution in [0.2, 0.25) is 0 Å². The number of aliphatic carboxylic acids is 1. The maximum atomic E-state index is 13.2. The van der Waals surface area contributed by atoms with E-state index in [9.17, 15) is 29.1 Å². The fourth-order valence-corrected chi connectivity index (χ4v) is 5.23. The van der Waals surface area contributed by atoms with Crippen molar-refractivity contribution in [2.75, 3.05) is 13.2 Å². The van der Waals surface area contributed by atoms with Crippen LogP contribution in [0.15, 0.2) is 78.9 Å². The lowest BCUT2D eigenvalue weighted by Crippen LogP contribution is -2.54. The molecule has 3 amide bonds. The van der Waals surface area contributed by atoms with Crippen LogP contribution in [0.25, 0.3) is 11.1 Å². The van der Waals surface area contributed by atoms with Gasteiger partial charge in [0.2, 0.25) is 11.8 Å². The van der Waals surface area contributed by atoms with Crippen molar-refractivity contribution in [2.45, 2.75) is 31.0 Å². The van der Waals surface area contributed by atoms with Crippen LogP contribution in [0.4, 0.5) is 4.79 Å². The third-order valence-electron chi connectivity index (χ3n) is 7.36. The quantitative estimate of drug-likeness (QED) is 0.270. The third kappa shape index (κ3) is 6.25. The number of carboxylic acids is 1. The lowest BCUT2D eigenvalue weighted by molar-refractivity contribution is -0.148. The lowest BCUT2D eigenvalue weighted by Gasteiger charge is -2.22. The van der Waals surface area contributed by atoms with Crippen LogP contribution in [-0.2, 0) is 35.3 Å². The summed E-state index contributed by atoms with van der Waals surface area (Å²) in [6.45, 7) is -0.243. The largest absolute Gasteiger partial charge is 0.481 e. The molecule has 2 aliphatic rings. The van der Waals surface area contributed by atoms with Gasteiger partial charge in [0.05, 0.1) is 6.42 Å². The molecule has 1 aliphatic carbocycles. The fraction of sp³-hybridized carbons (Fsp3) is 0.258. The normalized spacial score (nSPS) is 17.8. The minimum Gasteiger partial charge on any atom is -0.481 e. The van der Waals surface area contributed by atoms with E-state index in [1.54, 1.807) is 24.3 Å². The number of alkyl carbamates (subject to hydrolysis) is 1. The number of nitrogens with one attached hydrogen (secondary N) is 3. The molecule has 3 atom stereocenters. The number of benzene rings is 3. The Bertz CT molecular complexity index is 1460. The van der Waals surface area contributed by atoms with Gasteiger partial charge >= 0.3 is 18.0 Å². The Hall–Kier alpha value is -5.19. The van der Waals surface area contributed by atoms with Gasteiger partial charge in [0.25, 0.3) is 0 Å². The first-order chi connectivity index (χ1) is 20.3. The number of carboxylic acid groups (broad SMARTS) is 1. The Morgan fingerprint density at radius 2 is 1.50 bits per heavy atom. The average molecular weight is 572 g/mol. The summed E-state index contributed by atoms with van der Waals surface area (Å²) in [5, 5.41) is 16.6. The first-order valence-electron chi connectivity index (χ1n) is 13.4. The van der Waals surface area contributed by atoms with E-state index in [1.165, 1.54) is 0 Å². The molecule has 0 radical (unpaired) electrons. The van der Waals surface area contributed by atoms with E-state index >= 15 is 0 Å². The SMILES string of the molecule is O=C(C[C@H](NC(=O)OCC1c2ccccc2-c2ccccc21)C(=O)NC1C(=O)NCC1C(=O)O)OCc1ccccc1. The number of carbonyl (C=O) groups excluding carboxylic acids is 4. The molecule has 3 aromatic rings. The second-order valence-electron chi connectivity index (χ2n) is 10.0. The maximum absolute atomic E-state index is 13.2. The molecule has 0 saturated carbocycles. The summed E-state index contributed by atoms with van der Waals surface area (Å²) >= 11 is 0. The van der Waals surface area contributed by atoms with Crippen molar-refractivity contribution >= 4 is 29.8 Å². The van der Waals surface area contributed by atoms with Gasteiger partial charge in [-0.2, -0.15) is 0 Å². The van der Waals surface area contributed by atoms with Gasteiger partial charge in [0.15, 0.2) is 0 Å². The molecule has 2 unspecified atom stereocenters. The number of esters is 1. The monoisotopic (exact) mass is 571 g/mol. The van der Waals surface area contributed by atoms with E-state index in [0.717, 1.165) is 27.8 Å². The van der Waals surface area contributed by atoms with Gasteiger partial charge in [-0.25, -0.2) is 4.79 Å². The summed E-state index contributed by atoms with van der Waals surface area (Å²) in [5.74, 6) is -5.10. The van der Waals surface area contributed by atoms with E-state index < -0.39 is 54.3 Å². The summed E-state index contributed by atoms with van der Waals surface area (Å²) < 4.78 is 10.8. The Morgan fingerprint density at radius 3 is 2.14 bits per heavy atom. The van der Waals surface area contributed by atoms with E-state index in [4.69, 9.17) is 9.47 Å². The highest BCUT2D eigenvalue weighted by atomic mass is 16.5. The zero-order valence-electron chi connectivity index (χ0n) is 22.4. The molecular formula is C31H29N3O8. The van der Waals surface area contributed by atoms with Crippen molar-refractivity contribution in [3.05, 3.63) is 95.6 Å². The molecule has 1 fully saturated rings. The summed E-state index contributed by atoms with van der Waals surface area (Å²) in [4.78, 5) is 62.6. The number of ether oxygens (including phenoxy) is 2. The average Bonchev–Trinajstić information content (AvgIpc) is 3.52. The zero-order chi connectivity index (χ0) is 29.6. The number of carbonyl (C=O) groups is 5. The van der Waals surface area contributed by atoms with Gasteiger partial charge in [-0.15, -0.1) is 0 Å². The predicted octanol–water partition coefficient (Wildman–Crippen LogP) is 2.34. The van der Waals surface area contributed by atoms with Crippen molar-refractivity contribution in [1.29, 1.82) is 0 Å². The fourth-order valence-electron chi connectivity index (χ4n) is 5.23. The van der Waals surface area contributed by atoms with Gasteiger partial charge in [-0.05, 0) is 27.8 Å². The molecule has 42 heavy (non-hydrogen) atoms. The van der Waals surface area contributed by atoms with E-state index in [-0.39, 0.29) is 25.7 Å². The van der Waals surface area contributed by atoms with Gasteiger partial charge in [0.1, 0.15) is 31.2 Å². The van der Waals surface area contributed by atoms with Crippen molar-refractivity contribution in [3.63, 3.8) is 0 Å². The topological polar surface area (TPSA) is 160 Å². The maximum Gasteiger partial charge on any atom is 0.407 e. The molecular weight excluding hydrogens is 542 g/mol. The van der Waals surface area contributed by atoms with Gasteiger partial charge < -0.3 is 30.5 Å². The zero-order valence-corrected chi connectivity index (χ0v) is 22.4. The molecule has 5 rings (SSSR count). The van der Waals surface area contributed by atoms with Gasteiger partial charge in [-0.3, -0.25) is 19.2 Å². The third-order valence-corrected chi connectivity index (χ3v) is 7.36. The Balaban J connectivity index is 1.26. The van der Waals surface area contributed by atoms with Crippen LogP contribution in [0.5, 0.6) is 0 Å². The molecule has 216 valence electrons. The Labute approximate surface area is 241 Å². The number of amides is 3. The van der Waals surface area contributed by atoms with Gasteiger partial charge in [0, 0.05) is 12.5 Å². The first-order valence-corrected chi connectivity index (χ1v) is 13.4. The summed E-state index contributed by atoms with van der Waals surface area (Å²) in [5.41, 5.74) is 4.81. The summed E-state index contributed by atoms with van der Waals surface area (Å²) in [6.07, 6.45) is -1.53. The van der Waals surface area contributed by atoms with Crippen molar-refractivity contribution in [3.8, 4) is 11.1 Å². The molecule has 0 bridgehead atoms. The van der Waals surface area contributed by atoms with Crippen LogP contribution < -0.4 is 16.0 Å². The van der Waals surface area contributed by atoms with Crippen molar-refractivity contribution in [2.24, 2.45) is 5.92 Å². The summed E-state index contributed by atoms with van der Waals surface area (Å²) in [7, 11) is 0. The van der Waals surface area contributed by atoms with Crippen LogP contribution in [0.1, 0.15) is 29.0 Å². The Kier molecular flexibility index (Phi) is 8.47.